The van der Waals surface area contributed by atoms with Gasteiger partial charge in [-0.3, -0.25) is 0 Å². The molecule has 0 amide bonds. The van der Waals surface area contributed by atoms with Crippen LogP contribution < -0.4 is 10.6 Å². The average molecular weight is 315 g/mol. The monoisotopic (exact) mass is 314 g/mol. The third-order valence-corrected chi connectivity index (χ3v) is 4.69. The van der Waals surface area contributed by atoms with Gasteiger partial charge >= 0.3 is 0 Å². The predicted molar refractivity (Wildman–Crippen MR) is 88.2 cm³/mol. The molecule has 104 valence electrons. The summed E-state index contributed by atoms with van der Waals surface area (Å²) in [5, 5.41) is 8.22. The van der Waals surface area contributed by atoms with Crippen LogP contribution in [0.2, 0.25) is 5.02 Å². The Morgan fingerprint density at radius 1 is 1.26 bits per heavy atom. The molecule has 2 nitrogen and oxygen atoms in total. The van der Waals surface area contributed by atoms with Gasteiger partial charge in [0, 0.05) is 28.3 Å². The summed E-state index contributed by atoms with van der Waals surface area (Å²) < 4.78 is 0. The van der Waals surface area contributed by atoms with E-state index in [1.807, 2.05) is 24.3 Å². The van der Waals surface area contributed by atoms with Crippen molar-refractivity contribution in [2.75, 3.05) is 12.3 Å². The van der Waals surface area contributed by atoms with Crippen molar-refractivity contribution >= 4 is 40.7 Å². The van der Waals surface area contributed by atoms with Gasteiger partial charge in [-0.05, 0) is 49.3 Å². The normalized spacial score (nSPS) is 15.4. The summed E-state index contributed by atoms with van der Waals surface area (Å²) >= 11 is 12.9. The summed E-state index contributed by atoms with van der Waals surface area (Å²) in [6.45, 7) is 0.881. The first-order valence-electron chi connectivity index (χ1n) is 6.67. The van der Waals surface area contributed by atoms with Gasteiger partial charge in [0.15, 0.2) is 5.11 Å². The highest BCUT2D eigenvalue weighted by molar-refractivity contribution is 7.99. The molecule has 0 saturated heterocycles. The lowest BCUT2D eigenvalue weighted by atomic mass is 10.3. The molecule has 0 atom stereocenters. The van der Waals surface area contributed by atoms with E-state index in [2.05, 4.69) is 10.6 Å². The van der Waals surface area contributed by atoms with E-state index in [0.717, 1.165) is 22.4 Å². The SMILES string of the molecule is S=C(NCCSc1ccc(Cl)cc1)NC1CCCC1. The molecule has 1 aromatic rings. The molecular weight excluding hydrogens is 296 g/mol. The van der Waals surface area contributed by atoms with Crippen LogP contribution in [0.1, 0.15) is 25.7 Å². The minimum absolute atomic E-state index is 0.587. The van der Waals surface area contributed by atoms with Crippen molar-refractivity contribution in [3.63, 3.8) is 0 Å². The molecular formula is C14H19ClN2S2. The molecule has 2 N–H and O–H groups in total. The number of benzene rings is 1. The fourth-order valence-electron chi connectivity index (χ4n) is 2.17. The largest absolute Gasteiger partial charge is 0.362 e. The standard InChI is InChI=1S/C14H19ClN2S2/c15-11-5-7-13(8-6-11)19-10-9-16-14(18)17-12-3-1-2-4-12/h5-8,12H,1-4,9-10H2,(H2,16,17,18). The van der Waals surface area contributed by atoms with Gasteiger partial charge in [0.1, 0.15) is 0 Å². The molecule has 1 fully saturated rings. The third kappa shape index (κ3) is 5.59. The van der Waals surface area contributed by atoms with Gasteiger partial charge in [0.25, 0.3) is 0 Å². The molecule has 1 saturated carbocycles. The van der Waals surface area contributed by atoms with Gasteiger partial charge in [0.2, 0.25) is 0 Å². The Hall–Kier alpha value is -0.450. The summed E-state index contributed by atoms with van der Waals surface area (Å²) in [5.41, 5.74) is 0. The molecule has 0 bridgehead atoms. The molecule has 0 unspecified atom stereocenters. The van der Waals surface area contributed by atoms with E-state index in [1.54, 1.807) is 11.8 Å². The second kappa shape index (κ2) is 7.98. The second-order valence-electron chi connectivity index (χ2n) is 4.68. The van der Waals surface area contributed by atoms with Gasteiger partial charge in [0.05, 0.1) is 0 Å². The maximum atomic E-state index is 5.85. The van der Waals surface area contributed by atoms with E-state index in [-0.39, 0.29) is 0 Å². The molecule has 0 aromatic heterocycles. The van der Waals surface area contributed by atoms with E-state index in [0.29, 0.717) is 6.04 Å². The highest BCUT2D eigenvalue weighted by atomic mass is 35.5. The fourth-order valence-corrected chi connectivity index (χ4v) is 3.33. The van der Waals surface area contributed by atoms with Crippen LogP contribution in [0, 0.1) is 0 Å². The number of thiocarbonyl (C=S) groups is 1. The number of thioether (sulfide) groups is 1. The van der Waals surface area contributed by atoms with E-state index < -0.39 is 0 Å². The molecule has 0 heterocycles. The van der Waals surface area contributed by atoms with Crippen LogP contribution in [0.3, 0.4) is 0 Å². The zero-order valence-electron chi connectivity index (χ0n) is 10.8. The molecule has 0 aliphatic heterocycles. The fraction of sp³-hybridized carbons (Fsp3) is 0.500. The molecule has 1 aliphatic carbocycles. The van der Waals surface area contributed by atoms with E-state index >= 15 is 0 Å². The van der Waals surface area contributed by atoms with Crippen LogP contribution in [0.25, 0.3) is 0 Å². The quantitative estimate of drug-likeness (QED) is 0.490. The van der Waals surface area contributed by atoms with Gasteiger partial charge in [-0.25, -0.2) is 0 Å². The Kier molecular flexibility index (Phi) is 6.28. The lowest BCUT2D eigenvalue weighted by Crippen LogP contribution is -2.41. The Labute approximate surface area is 129 Å². The van der Waals surface area contributed by atoms with Crippen molar-refractivity contribution in [2.45, 2.75) is 36.6 Å². The average Bonchev–Trinajstić information content (AvgIpc) is 2.89. The van der Waals surface area contributed by atoms with E-state index in [1.165, 1.54) is 30.6 Å². The lowest BCUT2D eigenvalue weighted by molar-refractivity contribution is 0.623. The number of nitrogens with one attached hydrogen (secondary N) is 2. The molecule has 0 spiro atoms. The van der Waals surface area contributed by atoms with Gasteiger partial charge in [-0.2, -0.15) is 0 Å². The first-order chi connectivity index (χ1) is 9.24. The first-order valence-corrected chi connectivity index (χ1v) is 8.44. The number of hydrogen-bond acceptors (Lipinski definition) is 2. The van der Waals surface area contributed by atoms with Crippen LogP contribution in [0.4, 0.5) is 0 Å². The first kappa shape index (κ1) is 14.9. The smallest absolute Gasteiger partial charge is 0.166 e. The Balaban J connectivity index is 1.58. The van der Waals surface area contributed by atoms with Crippen LogP contribution >= 0.6 is 35.6 Å². The third-order valence-electron chi connectivity index (χ3n) is 3.16. The Bertz CT molecular complexity index is 402. The van der Waals surface area contributed by atoms with Crippen LogP contribution in [-0.2, 0) is 0 Å². The number of halogens is 1. The maximum Gasteiger partial charge on any atom is 0.166 e. The maximum absolute atomic E-state index is 5.85. The molecule has 2 rings (SSSR count). The zero-order chi connectivity index (χ0) is 13.5. The topological polar surface area (TPSA) is 24.1 Å². The summed E-state index contributed by atoms with van der Waals surface area (Å²) in [5.74, 6) is 0.994. The van der Waals surface area contributed by atoms with E-state index in [9.17, 15) is 0 Å². The van der Waals surface area contributed by atoms with Crippen LogP contribution in [0.5, 0.6) is 0 Å². The predicted octanol–water partition coefficient (Wildman–Crippen LogP) is 3.84. The van der Waals surface area contributed by atoms with Gasteiger partial charge in [-0.15, -0.1) is 11.8 Å². The molecule has 5 heteroatoms. The van der Waals surface area contributed by atoms with Crippen LogP contribution in [-0.4, -0.2) is 23.5 Å². The minimum Gasteiger partial charge on any atom is -0.362 e. The van der Waals surface area contributed by atoms with Crippen LogP contribution in [0.15, 0.2) is 29.2 Å². The number of hydrogen-bond donors (Lipinski definition) is 2. The van der Waals surface area contributed by atoms with Crippen molar-refractivity contribution in [1.29, 1.82) is 0 Å². The van der Waals surface area contributed by atoms with Crippen molar-refractivity contribution < 1.29 is 0 Å². The summed E-state index contributed by atoms with van der Waals surface area (Å²) in [4.78, 5) is 1.24. The van der Waals surface area contributed by atoms with Crippen molar-refractivity contribution in [3.8, 4) is 0 Å². The Morgan fingerprint density at radius 3 is 2.63 bits per heavy atom. The van der Waals surface area contributed by atoms with Gasteiger partial charge in [-0.1, -0.05) is 24.4 Å². The van der Waals surface area contributed by atoms with Crippen molar-refractivity contribution in [2.24, 2.45) is 0 Å². The highest BCUT2D eigenvalue weighted by Gasteiger charge is 2.14. The zero-order valence-corrected chi connectivity index (χ0v) is 13.2. The van der Waals surface area contributed by atoms with Gasteiger partial charge < -0.3 is 10.6 Å². The summed E-state index contributed by atoms with van der Waals surface area (Å²) in [6.07, 6.45) is 5.15. The molecule has 0 radical (unpaired) electrons. The van der Waals surface area contributed by atoms with Crippen molar-refractivity contribution in [3.05, 3.63) is 29.3 Å². The molecule has 1 aromatic carbocycles. The molecule has 19 heavy (non-hydrogen) atoms. The second-order valence-corrected chi connectivity index (χ2v) is 6.70. The number of rotatable bonds is 5. The lowest BCUT2D eigenvalue weighted by Gasteiger charge is -2.15. The summed E-state index contributed by atoms with van der Waals surface area (Å²) in [6, 6.07) is 8.51. The van der Waals surface area contributed by atoms with Crippen molar-refractivity contribution in [1.82, 2.24) is 10.6 Å². The highest BCUT2D eigenvalue weighted by Crippen LogP contribution is 2.20. The minimum atomic E-state index is 0.587. The molecule has 1 aliphatic rings. The van der Waals surface area contributed by atoms with E-state index in [4.69, 9.17) is 23.8 Å². The summed E-state index contributed by atoms with van der Waals surface area (Å²) in [7, 11) is 0. The Morgan fingerprint density at radius 2 is 1.95 bits per heavy atom.